The molecule has 4 heterocycles. The molecule has 3 aromatic heterocycles. The second kappa shape index (κ2) is 12.3. The fourth-order valence-corrected chi connectivity index (χ4v) is 4.72. The zero-order valence-corrected chi connectivity index (χ0v) is 21.3. The molecule has 0 bridgehead atoms. The number of piperidine rings is 1. The van der Waals surface area contributed by atoms with E-state index in [1.54, 1.807) is 36.5 Å². The molecule has 3 N–H and O–H groups in total. The molecule has 1 saturated heterocycles. The van der Waals surface area contributed by atoms with Crippen LogP contribution in [0.5, 0.6) is 11.6 Å². The van der Waals surface area contributed by atoms with Crippen molar-refractivity contribution in [2.24, 2.45) is 0 Å². The van der Waals surface area contributed by atoms with Crippen LogP contribution in [0.1, 0.15) is 30.1 Å². The van der Waals surface area contributed by atoms with Crippen molar-refractivity contribution in [3.05, 3.63) is 90.0 Å². The van der Waals surface area contributed by atoms with Gasteiger partial charge in [0.2, 0.25) is 17.6 Å². The first-order chi connectivity index (χ1) is 19.0. The highest BCUT2D eigenvalue weighted by molar-refractivity contribution is 7.77. The van der Waals surface area contributed by atoms with Gasteiger partial charge in [-0.25, -0.2) is 24.1 Å². The molecule has 1 aliphatic heterocycles. The van der Waals surface area contributed by atoms with Crippen molar-refractivity contribution in [1.82, 2.24) is 30.0 Å². The van der Waals surface area contributed by atoms with Crippen LogP contribution < -0.4 is 20.1 Å². The number of hydrogen-bond acceptors (Lipinski definition) is 9. The zero-order valence-electron chi connectivity index (χ0n) is 20.5. The van der Waals surface area contributed by atoms with Crippen LogP contribution in [-0.4, -0.2) is 47.8 Å². The number of nitrogens with one attached hydrogen (secondary N) is 3. The maximum absolute atomic E-state index is 15.3. The molecule has 5 rings (SSSR count). The van der Waals surface area contributed by atoms with Gasteiger partial charge < -0.3 is 19.9 Å². The Morgan fingerprint density at radius 3 is 2.67 bits per heavy atom. The zero-order chi connectivity index (χ0) is 27.2. The lowest BCUT2D eigenvalue weighted by molar-refractivity contribution is 0.401. The summed E-state index contributed by atoms with van der Waals surface area (Å²) in [5.74, 6) is -2.58. The van der Waals surface area contributed by atoms with Crippen LogP contribution in [0, 0.1) is 11.6 Å². The summed E-state index contributed by atoms with van der Waals surface area (Å²) in [4.78, 5) is 17.1. The first kappa shape index (κ1) is 26.7. The molecule has 0 radical (unpaired) electrons. The largest absolute Gasteiger partial charge is 0.760 e. The van der Waals surface area contributed by atoms with Crippen molar-refractivity contribution in [3.63, 3.8) is 0 Å². The molecule has 39 heavy (non-hydrogen) atoms. The Bertz CT molecular complexity index is 1460. The highest BCUT2D eigenvalue weighted by Crippen LogP contribution is 2.35. The van der Waals surface area contributed by atoms with Gasteiger partial charge in [0.1, 0.15) is 0 Å². The topological polar surface area (TPSA) is 137 Å². The number of pyridine rings is 2. The van der Waals surface area contributed by atoms with E-state index in [4.69, 9.17) is 4.74 Å². The summed E-state index contributed by atoms with van der Waals surface area (Å²) >= 11 is -2.77. The number of halogens is 2. The molecular formula is C26H24F2N7O3S-. The number of hydrogen-bond donors (Lipinski definition) is 3. The van der Waals surface area contributed by atoms with E-state index in [2.05, 4.69) is 35.3 Å². The fourth-order valence-electron chi connectivity index (χ4n) is 4.28. The number of ether oxygens (including phenoxy) is 1. The van der Waals surface area contributed by atoms with E-state index < -0.39 is 34.7 Å². The van der Waals surface area contributed by atoms with Gasteiger partial charge >= 0.3 is 0 Å². The Labute approximate surface area is 225 Å². The predicted molar refractivity (Wildman–Crippen MR) is 139 cm³/mol. The number of anilines is 1. The second-order valence-electron chi connectivity index (χ2n) is 8.73. The molecule has 1 aliphatic rings. The third-order valence-electron chi connectivity index (χ3n) is 6.12. The minimum atomic E-state index is -2.77. The van der Waals surface area contributed by atoms with E-state index >= 15 is 8.78 Å². The van der Waals surface area contributed by atoms with Crippen LogP contribution >= 0.6 is 0 Å². The summed E-state index contributed by atoms with van der Waals surface area (Å²) in [6.45, 7) is 1.78. The minimum absolute atomic E-state index is 0.00703. The average Bonchev–Trinajstić information content (AvgIpc) is 2.96. The lowest BCUT2D eigenvalue weighted by Crippen LogP contribution is -2.38. The highest BCUT2D eigenvalue weighted by Gasteiger charge is 2.25. The summed E-state index contributed by atoms with van der Waals surface area (Å²) in [5.41, 5.74) is 0.864. The predicted octanol–water partition coefficient (Wildman–Crippen LogP) is 3.64. The van der Waals surface area contributed by atoms with Crippen molar-refractivity contribution in [2.75, 3.05) is 18.4 Å². The van der Waals surface area contributed by atoms with Crippen molar-refractivity contribution in [2.45, 2.75) is 24.9 Å². The monoisotopic (exact) mass is 552 g/mol. The van der Waals surface area contributed by atoms with Crippen molar-refractivity contribution in [1.29, 1.82) is 0 Å². The Morgan fingerprint density at radius 2 is 1.90 bits per heavy atom. The molecule has 0 spiro atoms. The van der Waals surface area contributed by atoms with Gasteiger partial charge in [-0.2, -0.15) is 4.39 Å². The average molecular weight is 553 g/mol. The molecule has 13 heteroatoms. The molecule has 4 aromatic rings. The standard InChI is InChI=1S/C26H25F2N7O3S/c27-22-18(24(35-39(36)37)20-7-1-2-12-30-20)8-9-21(23(22)28)38-25-17(6-4-13-31-25)19-10-14-32-26(34-19)33-16-5-3-11-29-15-16/h1-2,4,6-10,12-14,16,24,29,35H,3,5,11,15H2,(H,36,37)(H,32,33,34)/p-1/t16-,24-/m0/s1. The van der Waals surface area contributed by atoms with Gasteiger partial charge in [-0.1, -0.05) is 12.1 Å². The van der Waals surface area contributed by atoms with Gasteiger partial charge in [0.05, 0.1) is 23.0 Å². The summed E-state index contributed by atoms with van der Waals surface area (Å²) in [7, 11) is 0. The molecule has 1 aromatic carbocycles. The maximum atomic E-state index is 15.3. The molecule has 0 saturated carbocycles. The van der Waals surface area contributed by atoms with Crippen molar-refractivity contribution < 1.29 is 22.3 Å². The van der Waals surface area contributed by atoms with Gasteiger partial charge in [0.25, 0.3) is 0 Å². The first-order valence-corrected chi connectivity index (χ1v) is 13.2. The number of rotatable bonds is 9. The Hall–Kier alpha value is -3.91. The van der Waals surface area contributed by atoms with Crippen molar-refractivity contribution in [3.8, 4) is 22.9 Å². The molecule has 1 fully saturated rings. The van der Waals surface area contributed by atoms with E-state index in [9.17, 15) is 8.76 Å². The van der Waals surface area contributed by atoms with Gasteiger partial charge in [0.15, 0.2) is 11.6 Å². The van der Waals surface area contributed by atoms with Crippen LogP contribution in [0.25, 0.3) is 11.3 Å². The van der Waals surface area contributed by atoms with Gasteiger partial charge in [0, 0.05) is 48.0 Å². The van der Waals surface area contributed by atoms with E-state index in [0.29, 0.717) is 17.2 Å². The number of aromatic nitrogens is 4. The van der Waals surface area contributed by atoms with Crippen molar-refractivity contribution >= 4 is 17.2 Å². The molecule has 202 valence electrons. The number of benzene rings is 1. The molecule has 0 amide bonds. The molecule has 1 unspecified atom stereocenters. The summed E-state index contributed by atoms with van der Waals surface area (Å²) in [6.07, 6.45) is 6.51. The second-order valence-corrected chi connectivity index (χ2v) is 9.44. The third-order valence-corrected chi connectivity index (χ3v) is 6.55. The van der Waals surface area contributed by atoms with Gasteiger partial charge in [-0.15, -0.1) is 0 Å². The van der Waals surface area contributed by atoms with Crippen LogP contribution in [0.3, 0.4) is 0 Å². The molecule has 3 atom stereocenters. The normalized spacial score (nSPS) is 16.8. The van der Waals surface area contributed by atoms with Crippen LogP contribution in [0.15, 0.2) is 67.1 Å². The van der Waals surface area contributed by atoms with Crippen LogP contribution in [-0.2, 0) is 11.3 Å². The Balaban J connectivity index is 1.42. The van der Waals surface area contributed by atoms with E-state index in [1.807, 2.05) is 0 Å². The quantitative estimate of drug-likeness (QED) is 0.266. The summed E-state index contributed by atoms with van der Waals surface area (Å²) in [6, 6.07) is 11.2. The van der Waals surface area contributed by atoms with Crippen LogP contribution in [0.4, 0.5) is 14.7 Å². The third kappa shape index (κ3) is 6.40. The van der Waals surface area contributed by atoms with Gasteiger partial charge in [-0.3, -0.25) is 9.19 Å². The Kier molecular flexibility index (Phi) is 8.42. The van der Waals surface area contributed by atoms with E-state index in [-0.39, 0.29) is 23.2 Å². The smallest absolute Gasteiger partial charge is 0.228 e. The minimum Gasteiger partial charge on any atom is -0.760 e. The maximum Gasteiger partial charge on any atom is 0.228 e. The molecular weight excluding hydrogens is 528 g/mol. The van der Waals surface area contributed by atoms with Gasteiger partial charge in [-0.05, 0) is 55.8 Å². The summed E-state index contributed by atoms with van der Waals surface area (Å²) in [5, 5.41) is 6.63. The highest BCUT2D eigenvalue weighted by atomic mass is 32.2. The van der Waals surface area contributed by atoms with Crippen LogP contribution in [0.2, 0.25) is 0 Å². The van der Waals surface area contributed by atoms with E-state index in [0.717, 1.165) is 25.9 Å². The fraction of sp³-hybridized carbons (Fsp3) is 0.231. The Morgan fingerprint density at radius 1 is 1.03 bits per heavy atom. The number of nitrogens with zero attached hydrogens (tertiary/aromatic N) is 4. The lowest BCUT2D eigenvalue weighted by atomic mass is 10.0. The SMILES string of the molecule is O=S([O-])N[C@H](c1ccccn1)c1ccc(Oc2ncccc2-c2ccnc(N[C@H]3CCCNC3)n2)c(F)c1F. The summed E-state index contributed by atoms with van der Waals surface area (Å²) < 4.78 is 61.1. The van der Waals surface area contributed by atoms with E-state index in [1.165, 1.54) is 30.6 Å². The lowest BCUT2D eigenvalue weighted by Gasteiger charge is -2.23. The first-order valence-electron chi connectivity index (χ1n) is 12.2. The molecule has 10 nitrogen and oxygen atoms in total. The molecule has 0 aliphatic carbocycles.